The van der Waals surface area contributed by atoms with Gasteiger partial charge in [0.15, 0.2) is 6.29 Å². The number of carbonyl (C=O) groups excluding carboxylic acids is 1. The number of hydrogen-bond donors (Lipinski definition) is 1. The first-order valence-corrected chi connectivity index (χ1v) is 11.6. The molecule has 7 atom stereocenters. The minimum Gasteiger partial charge on any atom is -0.497 e. The fourth-order valence-corrected chi connectivity index (χ4v) is 7.35. The first-order chi connectivity index (χ1) is 14.5. The van der Waals surface area contributed by atoms with Crippen molar-refractivity contribution in [3.05, 3.63) is 29.3 Å². The van der Waals surface area contributed by atoms with Gasteiger partial charge < -0.3 is 24.1 Å². The predicted molar refractivity (Wildman–Crippen MR) is 112 cm³/mol. The van der Waals surface area contributed by atoms with Gasteiger partial charge in [-0.1, -0.05) is 13.0 Å². The molecule has 3 aliphatic carbocycles. The maximum atomic E-state index is 12.8. The minimum atomic E-state index is -0.555. The number of aliphatic hydroxyl groups is 1. The number of carbonyl (C=O) groups is 1. The van der Waals surface area contributed by atoms with Crippen molar-refractivity contribution in [2.24, 2.45) is 16.7 Å². The van der Waals surface area contributed by atoms with Gasteiger partial charge in [0.05, 0.1) is 19.3 Å². The standard InChI is InChI=1S/C25H34O5/c1-24-14-19(27)23-18-7-6-17(28-2)13-16(18)10-11-25(23,15-26)20(24)8-9-21(24)30-22-5-3-4-12-29-22/h6-7,13,15,19-23,27H,3-5,8-12,14H2,1-2H3/t19?,20-,21+,22?,23-,24+,25-/m1/s1. The third-order valence-electron chi connectivity index (χ3n) is 8.70. The van der Waals surface area contributed by atoms with Gasteiger partial charge in [-0.2, -0.15) is 0 Å². The normalized spacial score (nSPS) is 42.7. The number of aryl methyl sites for hydroxylation is 1. The molecule has 2 saturated carbocycles. The highest BCUT2D eigenvalue weighted by molar-refractivity contribution is 5.66. The Morgan fingerprint density at radius 1 is 1.23 bits per heavy atom. The van der Waals surface area contributed by atoms with Crippen molar-refractivity contribution in [1.29, 1.82) is 0 Å². The second-order valence-electron chi connectivity index (χ2n) is 10.1. The molecular formula is C25H34O5. The largest absolute Gasteiger partial charge is 0.497 e. The fourth-order valence-electron chi connectivity index (χ4n) is 7.35. The second-order valence-corrected chi connectivity index (χ2v) is 10.1. The van der Waals surface area contributed by atoms with Crippen LogP contribution in [0.25, 0.3) is 0 Å². The molecule has 30 heavy (non-hydrogen) atoms. The van der Waals surface area contributed by atoms with Gasteiger partial charge in [-0.3, -0.25) is 0 Å². The fraction of sp³-hybridized carbons (Fsp3) is 0.720. The summed E-state index contributed by atoms with van der Waals surface area (Å²) in [7, 11) is 1.68. The molecule has 1 aliphatic heterocycles. The van der Waals surface area contributed by atoms with Gasteiger partial charge in [-0.25, -0.2) is 0 Å². The Bertz CT molecular complexity index is 803. The van der Waals surface area contributed by atoms with Crippen molar-refractivity contribution in [1.82, 2.24) is 0 Å². The van der Waals surface area contributed by atoms with Crippen LogP contribution >= 0.6 is 0 Å². The first-order valence-electron chi connectivity index (χ1n) is 11.6. The average Bonchev–Trinajstić information content (AvgIpc) is 3.09. The smallest absolute Gasteiger partial charge is 0.157 e. The second kappa shape index (κ2) is 7.61. The van der Waals surface area contributed by atoms with E-state index in [1.807, 2.05) is 6.07 Å². The van der Waals surface area contributed by atoms with Crippen molar-refractivity contribution in [2.45, 2.75) is 82.7 Å². The van der Waals surface area contributed by atoms with Crippen LogP contribution in [-0.4, -0.2) is 43.6 Å². The summed E-state index contributed by atoms with van der Waals surface area (Å²) in [6.45, 7) is 3.01. The lowest BCUT2D eigenvalue weighted by Gasteiger charge is -2.58. The molecule has 5 heteroatoms. The van der Waals surface area contributed by atoms with Gasteiger partial charge in [0.25, 0.3) is 0 Å². The van der Waals surface area contributed by atoms with Crippen molar-refractivity contribution in [3.8, 4) is 5.75 Å². The maximum absolute atomic E-state index is 12.8. The molecule has 5 nitrogen and oxygen atoms in total. The number of rotatable bonds is 4. The van der Waals surface area contributed by atoms with Crippen LogP contribution < -0.4 is 4.74 Å². The zero-order chi connectivity index (χ0) is 20.9. The van der Waals surface area contributed by atoms with Crippen LogP contribution in [0.15, 0.2) is 18.2 Å². The first kappa shape index (κ1) is 20.5. The summed E-state index contributed by atoms with van der Waals surface area (Å²) < 4.78 is 17.7. The predicted octanol–water partition coefficient (Wildman–Crippen LogP) is 4.00. The highest BCUT2D eigenvalue weighted by Crippen LogP contribution is 2.66. The highest BCUT2D eigenvalue weighted by atomic mass is 16.7. The van der Waals surface area contributed by atoms with Gasteiger partial charge in [0.1, 0.15) is 12.0 Å². The number of aldehydes is 1. The van der Waals surface area contributed by atoms with Gasteiger partial charge in [0, 0.05) is 23.4 Å². The summed E-state index contributed by atoms with van der Waals surface area (Å²) in [6, 6.07) is 6.10. The van der Waals surface area contributed by atoms with E-state index in [2.05, 4.69) is 19.1 Å². The molecule has 1 aromatic carbocycles. The van der Waals surface area contributed by atoms with Crippen LogP contribution in [0.3, 0.4) is 0 Å². The quantitative estimate of drug-likeness (QED) is 0.755. The van der Waals surface area contributed by atoms with Gasteiger partial charge in [-0.15, -0.1) is 0 Å². The average molecular weight is 415 g/mol. The molecule has 0 spiro atoms. The molecular weight excluding hydrogens is 380 g/mol. The molecule has 0 bridgehead atoms. The molecule has 0 aromatic heterocycles. The Labute approximate surface area is 179 Å². The summed E-state index contributed by atoms with van der Waals surface area (Å²) in [5.74, 6) is 0.913. The van der Waals surface area contributed by atoms with E-state index < -0.39 is 11.5 Å². The summed E-state index contributed by atoms with van der Waals surface area (Å²) in [5.41, 5.74) is 1.60. The van der Waals surface area contributed by atoms with E-state index in [9.17, 15) is 9.90 Å². The van der Waals surface area contributed by atoms with Gasteiger partial charge >= 0.3 is 0 Å². The number of aliphatic hydroxyl groups excluding tert-OH is 1. The minimum absolute atomic E-state index is 0.0373. The van der Waals surface area contributed by atoms with Crippen molar-refractivity contribution in [3.63, 3.8) is 0 Å². The summed E-state index contributed by atoms with van der Waals surface area (Å²) in [5, 5.41) is 11.4. The molecule has 1 N–H and O–H groups in total. The monoisotopic (exact) mass is 414 g/mol. The highest BCUT2D eigenvalue weighted by Gasteiger charge is 2.65. The lowest BCUT2D eigenvalue weighted by molar-refractivity contribution is -0.222. The topological polar surface area (TPSA) is 65.0 Å². The summed E-state index contributed by atoms with van der Waals surface area (Å²) in [6.07, 6.45) is 7.92. The molecule has 2 unspecified atom stereocenters. The van der Waals surface area contributed by atoms with E-state index in [4.69, 9.17) is 14.2 Å². The molecule has 1 aromatic rings. The third kappa shape index (κ3) is 2.96. The summed E-state index contributed by atoms with van der Waals surface area (Å²) in [4.78, 5) is 12.8. The lowest BCUT2D eigenvalue weighted by atomic mass is 9.47. The molecule has 1 heterocycles. The Kier molecular flexibility index (Phi) is 5.19. The van der Waals surface area contributed by atoms with E-state index in [1.54, 1.807) is 7.11 Å². The van der Waals surface area contributed by atoms with Gasteiger partial charge in [0.2, 0.25) is 0 Å². The number of fused-ring (bicyclic) bond motifs is 5. The number of methoxy groups -OCH3 is 1. The van der Waals surface area contributed by atoms with E-state index in [-0.39, 0.29) is 29.6 Å². The molecule has 1 saturated heterocycles. The maximum Gasteiger partial charge on any atom is 0.157 e. The molecule has 0 amide bonds. The SMILES string of the molecule is COc1ccc2c(c1)CC[C@]1(C=O)[C@H]2C(O)C[C@]2(C)[C@@H](OC3CCCCO3)CC[C@H]21. The number of benzene rings is 1. The molecule has 0 radical (unpaired) electrons. The van der Waals surface area contributed by atoms with Crippen LogP contribution in [0, 0.1) is 16.7 Å². The van der Waals surface area contributed by atoms with E-state index in [0.717, 1.165) is 62.9 Å². The van der Waals surface area contributed by atoms with Crippen LogP contribution in [0.1, 0.15) is 68.9 Å². The van der Waals surface area contributed by atoms with E-state index in [0.29, 0.717) is 6.42 Å². The van der Waals surface area contributed by atoms with Crippen molar-refractivity contribution >= 4 is 6.29 Å². The third-order valence-corrected chi connectivity index (χ3v) is 8.70. The Morgan fingerprint density at radius 3 is 2.83 bits per heavy atom. The van der Waals surface area contributed by atoms with Crippen LogP contribution in [0.2, 0.25) is 0 Å². The van der Waals surface area contributed by atoms with E-state index >= 15 is 0 Å². The number of hydrogen-bond acceptors (Lipinski definition) is 5. The van der Waals surface area contributed by atoms with Gasteiger partial charge in [-0.05, 0) is 80.5 Å². The molecule has 164 valence electrons. The van der Waals surface area contributed by atoms with E-state index in [1.165, 1.54) is 11.8 Å². The van der Waals surface area contributed by atoms with Crippen molar-refractivity contribution < 1.29 is 24.1 Å². The van der Waals surface area contributed by atoms with Crippen LogP contribution in [-0.2, 0) is 20.7 Å². The Balaban J connectivity index is 1.48. The Morgan fingerprint density at radius 2 is 2.10 bits per heavy atom. The van der Waals surface area contributed by atoms with Crippen LogP contribution in [0.4, 0.5) is 0 Å². The van der Waals surface area contributed by atoms with Crippen molar-refractivity contribution in [2.75, 3.05) is 13.7 Å². The summed E-state index contributed by atoms with van der Waals surface area (Å²) >= 11 is 0. The number of ether oxygens (including phenoxy) is 3. The lowest BCUT2D eigenvalue weighted by Crippen LogP contribution is -2.58. The zero-order valence-corrected chi connectivity index (χ0v) is 18.1. The molecule has 3 fully saturated rings. The zero-order valence-electron chi connectivity index (χ0n) is 18.1. The molecule has 5 rings (SSSR count). The molecule has 4 aliphatic rings. The Hall–Kier alpha value is -1.43. The van der Waals surface area contributed by atoms with Crippen LogP contribution in [0.5, 0.6) is 5.75 Å².